The predicted octanol–water partition coefficient (Wildman–Crippen LogP) is -1.66. The van der Waals surface area contributed by atoms with Crippen molar-refractivity contribution in [1.29, 1.82) is 0 Å². The van der Waals surface area contributed by atoms with Crippen LogP contribution < -0.4 is 35.3 Å². The van der Waals surface area contributed by atoms with Gasteiger partial charge in [-0.15, -0.1) is 33.4 Å². The van der Waals surface area contributed by atoms with Crippen molar-refractivity contribution in [1.82, 2.24) is 0 Å². The van der Waals surface area contributed by atoms with Gasteiger partial charge in [-0.3, -0.25) is 0 Å². The van der Waals surface area contributed by atoms with Crippen molar-refractivity contribution >= 4 is 26.0 Å². The topological polar surface area (TPSA) is 18.5 Å². The van der Waals surface area contributed by atoms with E-state index in [4.69, 9.17) is 9.16 Å². The normalized spacial score (nSPS) is 14.1. The molecular weight excluding hydrogens is 522 g/mol. The fraction of sp³-hybridized carbons (Fsp3) is 0.280. The minimum absolute atomic E-state index is 0. The third-order valence-electron chi connectivity index (χ3n) is 5.09. The standard InChI is InChI=1S/C25H27O2Si.2ClH.Zr/c1-5-18-13-14-21-20-10-7-6-9-19(20)17-23(21)25(18)22-11-8-12-24(22)26-15-16-27-28(2,3)4;;;/h5-10,12-14H,11,15-16H2,1-4H3;2*1H;/q-1;;;+3/p-2. The van der Waals surface area contributed by atoms with Gasteiger partial charge in [0, 0.05) is 0 Å². The Morgan fingerprint density at radius 1 is 1.00 bits per heavy atom. The summed E-state index contributed by atoms with van der Waals surface area (Å²) in [4.78, 5) is 0. The molecular formula is C25H27Cl2O2SiZr. The van der Waals surface area contributed by atoms with E-state index in [0.29, 0.717) is 13.2 Å². The molecule has 0 saturated heterocycles. The van der Waals surface area contributed by atoms with Crippen LogP contribution in [0.2, 0.25) is 19.6 Å². The molecule has 161 valence electrons. The van der Waals surface area contributed by atoms with Gasteiger partial charge in [0.2, 0.25) is 0 Å². The molecule has 0 spiro atoms. The zero-order valence-corrected chi connectivity index (χ0v) is 23.4. The van der Waals surface area contributed by atoms with Crippen LogP contribution in [0.5, 0.6) is 0 Å². The molecule has 0 aromatic heterocycles. The summed E-state index contributed by atoms with van der Waals surface area (Å²) in [6.45, 7) is 9.93. The number of benzene rings is 2. The number of rotatable bonds is 6. The molecule has 1 radical (unpaired) electrons. The molecule has 0 amide bonds. The Bertz CT molecular complexity index is 1200. The van der Waals surface area contributed by atoms with Crippen LogP contribution in [0.1, 0.15) is 24.5 Å². The van der Waals surface area contributed by atoms with E-state index in [1.165, 1.54) is 37.6 Å². The molecule has 2 aromatic carbocycles. The van der Waals surface area contributed by atoms with E-state index >= 15 is 0 Å². The van der Waals surface area contributed by atoms with E-state index in [2.05, 4.69) is 87.3 Å². The molecule has 0 atom stereocenters. The Morgan fingerprint density at radius 3 is 2.45 bits per heavy atom. The third kappa shape index (κ3) is 6.12. The quantitative estimate of drug-likeness (QED) is 0.208. The molecule has 2 nitrogen and oxygen atoms in total. The summed E-state index contributed by atoms with van der Waals surface area (Å²) in [5.74, 6) is 0.966. The van der Waals surface area contributed by atoms with Crippen LogP contribution in [0.3, 0.4) is 0 Å². The smallest absolute Gasteiger partial charge is 1.00 e. The van der Waals surface area contributed by atoms with Crippen molar-refractivity contribution < 1.29 is 60.2 Å². The molecule has 0 unspecified atom stereocenters. The minimum atomic E-state index is -1.51. The number of allylic oxidation sites excluding steroid dienone is 3. The molecule has 31 heavy (non-hydrogen) atoms. The fourth-order valence-electron chi connectivity index (χ4n) is 3.85. The second-order valence-electron chi connectivity index (χ2n) is 8.17. The van der Waals surface area contributed by atoms with Crippen LogP contribution in [0.4, 0.5) is 0 Å². The second kappa shape index (κ2) is 11.8. The van der Waals surface area contributed by atoms with Gasteiger partial charge >= 0.3 is 26.2 Å². The number of ether oxygens (including phenoxy) is 1. The van der Waals surface area contributed by atoms with Crippen LogP contribution in [0.25, 0.3) is 17.7 Å². The van der Waals surface area contributed by atoms with Crippen molar-refractivity contribution in [3.8, 4) is 0 Å². The van der Waals surface area contributed by atoms with Crippen molar-refractivity contribution in [3.05, 3.63) is 86.3 Å². The maximum Gasteiger partial charge on any atom is 3.00 e. The number of halogens is 2. The maximum atomic E-state index is 6.15. The monoisotopic (exact) mass is 547 g/mol. The molecule has 0 fully saturated rings. The van der Waals surface area contributed by atoms with Gasteiger partial charge in [0.15, 0.2) is 8.32 Å². The first-order chi connectivity index (χ1) is 13.5. The molecule has 0 saturated carbocycles. The molecule has 2 aliphatic carbocycles. The Balaban J connectivity index is 0.00000160. The van der Waals surface area contributed by atoms with Crippen molar-refractivity contribution in [3.63, 3.8) is 0 Å². The summed E-state index contributed by atoms with van der Waals surface area (Å²) in [5.41, 5.74) is 3.69. The molecule has 0 aliphatic heterocycles. The first-order valence-corrected chi connectivity index (χ1v) is 13.4. The summed E-state index contributed by atoms with van der Waals surface area (Å²) in [6, 6.07) is 12.9. The Labute approximate surface area is 217 Å². The number of hydrogen-bond acceptors (Lipinski definition) is 2. The molecule has 0 N–H and O–H groups in total. The number of hydrogen-bond donors (Lipinski definition) is 0. The SMILES string of the molecule is CC=c1ccc2c(c1C1=C(OCCO[Si](C)(C)C)C=CC1)[C-]=c1ccccc1=2.[Cl-].[Cl-].[Zr+3]. The van der Waals surface area contributed by atoms with Crippen LogP contribution in [0, 0.1) is 10.4 Å². The summed E-state index contributed by atoms with van der Waals surface area (Å²) in [6.07, 6.45) is 11.0. The largest absolute Gasteiger partial charge is 3.00 e. The van der Waals surface area contributed by atoms with Gasteiger partial charge in [-0.25, -0.2) is 0 Å². The minimum Gasteiger partial charge on any atom is -1.00 e. The molecule has 4 rings (SSSR count). The van der Waals surface area contributed by atoms with E-state index in [1.54, 1.807) is 0 Å². The Kier molecular flexibility index (Phi) is 10.7. The molecule has 0 bridgehead atoms. The van der Waals surface area contributed by atoms with E-state index in [1.807, 2.05) is 0 Å². The van der Waals surface area contributed by atoms with E-state index < -0.39 is 8.32 Å². The first-order valence-electron chi connectivity index (χ1n) is 9.97. The van der Waals surface area contributed by atoms with E-state index in [-0.39, 0.29) is 51.0 Å². The average molecular weight is 550 g/mol. The van der Waals surface area contributed by atoms with Gasteiger partial charge in [0.05, 0.1) is 6.61 Å². The number of fused-ring (bicyclic) bond motifs is 2. The summed E-state index contributed by atoms with van der Waals surface area (Å²) >= 11 is 0. The average Bonchev–Trinajstić information content (AvgIpc) is 3.27. The van der Waals surface area contributed by atoms with Crippen molar-refractivity contribution in [2.24, 2.45) is 0 Å². The molecule has 2 aromatic rings. The summed E-state index contributed by atoms with van der Waals surface area (Å²) in [5, 5.41) is 4.93. The van der Waals surface area contributed by atoms with Crippen LogP contribution >= 0.6 is 0 Å². The molecule has 2 aliphatic rings. The third-order valence-corrected chi connectivity index (χ3v) is 6.16. The maximum absolute atomic E-state index is 6.15. The van der Waals surface area contributed by atoms with Crippen LogP contribution in [-0.4, -0.2) is 21.5 Å². The van der Waals surface area contributed by atoms with E-state index in [0.717, 1.165) is 12.2 Å². The zero-order chi connectivity index (χ0) is 19.7. The van der Waals surface area contributed by atoms with Gasteiger partial charge in [-0.05, 0) is 44.6 Å². The van der Waals surface area contributed by atoms with Gasteiger partial charge < -0.3 is 34.0 Å². The van der Waals surface area contributed by atoms with Gasteiger partial charge in [-0.1, -0.05) is 53.3 Å². The van der Waals surface area contributed by atoms with Crippen LogP contribution in [-0.2, 0) is 35.4 Å². The summed E-state index contributed by atoms with van der Waals surface area (Å²) in [7, 11) is -1.51. The second-order valence-corrected chi connectivity index (χ2v) is 12.7. The van der Waals surface area contributed by atoms with E-state index in [9.17, 15) is 0 Å². The van der Waals surface area contributed by atoms with Crippen molar-refractivity contribution in [2.45, 2.75) is 33.0 Å². The first kappa shape index (κ1) is 28.1. The molecule has 0 heterocycles. The predicted molar refractivity (Wildman–Crippen MR) is 118 cm³/mol. The van der Waals surface area contributed by atoms with Gasteiger partial charge in [0.25, 0.3) is 0 Å². The molecule has 6 heteroatoms. The zero-order valence-electron chi connectivity index (χ0n) is 18.4. The fourth-order valence-corrected chi connectivity index (χ4v) is 4.54. The van der Waals surface area contributed by atoms with Crippen LogP contribution in [0.15, 0.2) is 54.3 Å². The Morgan fingerprint density at radius 2 is 1.74 bits per heavy atom. The van der Waals surface area contributed by atoms with Gasteiger partial charge in [0.1, 0.15) is 12.4 Å². The van der Waals surface area contributed by atoms with Crippen molar-refractivity contribution in [2.75, 3.05) is 13.2 Å². The summed E-state index contributed by atoms with van der Waals surface area (Å²) < 4.78 is 12.1. The Hall–Kier alpha value is -0.900. The van der Waals surface area contributed by atoms with Gasteiger partial charge in [-0.2, -0.15) is 0 Å².